The quantitative estimate of drug-likeness (QED) is 0.241. The Bertz CT molecular complexity index is 1050. The molecule has 2 aliphatic heterocycles. The molecule has 2 heterocycles. The number of hydrogen-bond donors (Lipinski definition) is 4. The highest BCUT2D eigenvalue weighted by Crippen LogP contribution is 2.68. The highest BCUT2D eigenvalue weighted by Gasteiger charge is 2.67. The smallest absolute Gasteiger partial charge is 0.331 e. The lowest BCUT2D eigenvalue weighted by molar-refractivity contribution is -0.305. The fraction of sp³-hybridized carbons (Fsp3) is 0.793. The highest BCUT2D eigenvalue weighted by molar-refractivity contribution is 5.85. The van der Waals surface area contributed by atoms with E-state index in [0.29, 0.717) is 38.7 Å². The molecule has 0 spiro atoms. The molecule has 38 heavy (non-hydrogen) atoms. The van der Waals surface area contributed by atoms with Gasteiger partial charge in [-0.1, -0.05) is 18.6 Å². The van der Waals surface area contributed by atoms with E-state index in [4.69, 9.17) is 14.2 Å². The van der Waals surface area contributed by atoms with Gasteiger partial charge >= 0.3 is 5.97 Å². The van der Waals surface area contributed by atoms with Crippen LogP contribution in [0.3, 0.4) is 0 Å². The molecule has 3 saturated carbocycles. The third-order valence-electron chi connectivity index (χ3n) is 11.3. The van der Waals surface area contributed by atoms with E-state index in [9.17, 15) is 30.0 Å². The van der Waals surface area contributed by atoms with Crippen LogP contribution in [0.2, 0.25) is 0 Å². The number of hydrogen-bond acceptors (Lipinski definition) is 9. The van der Waals surface area contributed by atoms with Crippen molar-refractivity contribution in [2.75, 3.05) is 6.61 Å². The lowest BCUT2D eigenvalue weighted by Crippen LogP contribution is -2.61. The van der Waals surface area contributed by atoms with Gasteiger partial charge in [0.05, 0.1) is 23.2 Å². The zero-order chi connectivity index (χ0) is 27.0. The van der Waals surface area contributed by atoms with Crippen LogP contribution >= 0.6 is 0 Å². The van der Waals surface area contributed by atoms with E-state index in [-0.39, 0.29) is 35.2 Å². The van der Waals surface area contributed by atoms with Gasteiger partial charge in [0.15, 0.2) is 6.29 Å². The van der Waals surface area contributed by atoms with E-state index in [0.717, 1.165) is 36.7 Å². The van der Waals surface area contributed by atoms with Crippen molar-refractivity contribution in [3.05, 3.63) is 23.3 Å². The van der Waals surface area contributed by atoms with Crippen LogP contribution < -0.4 is 0 Å². The summed E-state index contributed by atoms with van der Waals surface area (Å²) in [5.74, 6) is -0.220. The van der Waals surface area contributed by atoms with Crippen molar-refractivity contribution in [2.45, 2.75) is 108 Å². The number of ether oxygens (including phenoxy) is 3. The summed E-state index contributed by atoms with van der Waals surface area (Å²) < 4.78 is 16.9. The number of aldehydes is 1. The summed E-state index contributed by atoms with van der Waals surface area (Å²) in [5, 5.41) is 42.9. The number of carbonyl (C=O) groups is 2. The predicted molar refractivity (Wildman–Crippen MR) is 133 cm³/mol. The minimum absolute atomic E-state index is 0.0294. The van der Waals surface area contributed by atoms with Crippen LogP contribution in [0.5, 0.6) is 0 Å². The van der Waals surface area contributed by atoms with Crippen molar-refractivity contribution in [1.29, 1.82) is 0 Å². The van der Waals surface area contributed by atoms with Crippen LogP contribution in [-0.2, 0) is 23.8 Å². The largest absolute Gasteiger partial charge is 0.458 e. The summed E-state index contributed by atoms with van der Waals surface area (Å²) in [5.41, 5.74) is 0.0637. The van der Waals surface area contributed by atoms with Gasteiger partial charge < -0.3 is 39.4 Å². The lowest BCUT2D eigenvalue weighted by atomic mass is 9.45. The number of rotatable bonds is 4. The molecule has 0 aromatic carbocycles. The van der Waals surface area contributed by atoms with Gasteiger partial charge in [-0.15, -0.1) is 0 Å². The average molecular weight is 533 g/mol. The van der Waals surface area contributed by atoms with Gasteiger partial charge in [-0.05, 0) is 81.6 Å². The molecule has 210 valence electrons. The molecule has 0 radical (unpaired) electrons. The van der Waals surface area contributed by atoms with Crippen LogP contribution in [0.1, 0.15) is 65.2 Å². The molecular weight excluding hydrogens is 492 g/mol. The number of aliphatic hydroxyl groups excluding tert-OH is 3. The van der Waals surface area contributed by atoms with E-state index in [1.807, 2.05) is 0 Å². The molecule has 1 saturated heterocycles. The first kappa shape index (κ1) is 26.6. The number of allylic oxidation sites excluding steroid dienone is 1. The molecule has 6 aliphatic rings. The Morgan fingerprint density at radius 2 is 1.84 bits per heavy atom. The zero-order valence-corrected chi connectivity index (χ0v) is 22.1. The van der Waals surface area contributed by atoms with Crippen LogP contribution in [-0.4, -0.2) is 81.7 Å². The second-order valence-corrected chi connectivity index (χ2v) is 12.8. The number of esters is 1. The third-order valence-corrected chi connectivity index (χ3v) is 11.3. The monoisotopic (exact) mass is 532 g/mol. The van der Waals surface area contributed by atoms with Gasteiger partial charge in [0.1, 0.15) is 31.2 Å². The fourth-order valence-corrected chi connectivity index (χ4v) is 9.14. The Hall–Kier alpha value is -1.62. The number of carbonyl (C=O) groups excluding carboxylic acids is 2. The van der Waals surface area contributed by atoms with Crippen molar-refractivity contribution in [3.8, 4) is 0 Å². The Kier molecular flexibility index (Phi) is 6.45. The van der Waals surface area contributed by atoms with Gasteiger partial charge in [0.2, 0.25) is 0 Å². The molecule has 4 aliphatic carbocycles. The van der Waals surface area contributed by atoms with Crippen LogP contribution in [0.25, 0.3) is 0 Å². The maximum Gasteiger partial charge on any atom is 0.331 e. The lowest BCUT2D eigenvalue weighted by Gasteiger charge is -2.60. The van der Waals surface area contributed by atoms with Crippen LogP contribution in [0.15, 0.2) is 23.3 Å². The minimum Gasteiger partial charge on any atom is -0.458 e. The molecule has 0 aromatic rings. The minimum atomic E-state index is -1.36. The van der Waals surface area contributed by atoms with Crippen molar-refractivity contribution in [2.24, 2.45) is 28.6 Å². The van der Waals surface area contributed by atoms with Gasteiger partial charge in [0, 0.05) is 11.5 Å². The maximum absolute atomic E-state index is 12.9. The Morgan fingerprint density at radius 1 is 1.05 bits per heavy atom. The summed E-state index contributed by atoms with van der Waals surface area (Å²) in [4.78, 5) is 24.7. The number of fused-ring (bicyclic) bond motifs is 5. The van der Waals surface area contributed by atoms with Crippen LogP contribution in [0, 0.1) is 28.6 Å². The summed E-state index contributed by atoms with van der Waals surface area (Å²) in [6.45, 7) is 4.09. The topological polar surface area (TPSA) is 143 Å². The molecule has 0 bridgehead atoms. The highest BCUT2D eigenvalue weighted by atomic mass is 16.7. The number of aliphatic hydroxyl groups is 4. The van der Waals surface area contributed by atoms with Gasteiger partial charge in [-0.3, -0.25) is 0 Å². The standard InChI is InChI=1S/C29H40O9/c1-15-23(32)24(33)25(34)26(37-15)38-18-5-9-28(14-30)17(12-18)3-4-21-20(28)6-8-27(2)19(7-10-29(21,27)35)16-11-22(31)36-13-16/h3,11,14-15,18-21,23-26,32-35H,4-10,12-13H2,1-2H3/t15-,18+,19-,20+,21-,23-,24-,25-,26+,27-,28-,29+/m1/s1. The van der Waals surface area contributed by atoms with Crippen molar-refractivity contribution in [1.82, 2.24) is 0 Å². The number of cyclic esters (lactones) is 1. The summed E-state index contributed by atoms with van der Waals surface area (Å²) in [7, 11) is 0. The summed E-state index contributed by atoms with van der Waals surface area (Å²) in [6, 6.07) is 0. The van der Waals surface area contributed by atoms with E-state index >= 15 is 0 Å². The molecule has 4 N–H and O–H groups in total. The average Bonchev–Trinajstić information content (AvgIpc) is 3.45. The second kappa shape index (κ2) is 9.21. The molecule has 9 nitrogen and oxygen atoms in total. The van der Waals surface area contributed by atoms with Crippen molar-refractivity contribution < 1.29 is 44.2 Å². The maximum atomic E-state index is 12.9. The van der Waals surface area contributed by atoms with E-state index in [2.05, 4.69) is 13.0 Å². The fourth-order valence-electron chi connectivity index (χ4n) is 9.14. The van der Waals surface area contributed by atoms with Gasteiger partial charge in [0.25, 0.3) is 0 Å². The van der Waals surface area contributed by atoms with Crippen molar-refractivity contribution in [3.63, 3.8) is 0 Å². The third kappa shape index (κ3) is 3.65. The first-order valence-corrected chi connectivity index (χ1v) is 14.1. The second-order valence-electron chi connectivity index (χ2n) is 12.8. The normalized spacial score (nSPS) is 52.3. The molecule has 6 rings (SSSR count). The van der Waals surface area contributed by atoms with Gasteiger partial charge in [-0.2, -0.15) is 0 Å². The summed E-state index contributed by atoms with van der Waals surface area (Å²) in [6.07, 6.45) is 4.35. The van der Waals surface area contributed by atoms with E-state index in [1.165, 1.54) is 0 Å². The van der Waals surface area contributed by atoms with Crippen molar-refractivity contribution >= 4 is 12.3 Å². The van der Waals surface area contributed by atoms with E-state index < -0.39 is 41.7 Å². The SMILES string of the molecule is C[C@H]1O[C@@H](O[C@H]2CC[C@@]3(C=O)C(=CC[C@@H]4[C@@H]3CC[C@]3(C)[C@@H](C5=CC(=O)OC5)CC[C@]43O)C2)[C@H](O)[C@H](O)[C@@H]1O. The zero-order valence-electron chi connectivity index (χ0n) is 22.1. The van der Waals surface area contributed by atoms with Crippen LogP contribution in [0.4, 0.5) is 0 Å². The molecule has 9 heteroatoms. The molecule has 0 aromatic heterocycles. The Morgan fingerprint density at radius 3 is 2.55 bits per heavy atom. The molecular formula is C29H40O9. The Balaban J connectivity index is 1.22. The predicted octanol–water partition coefficient (Wildman–Crippen LogP) is 1.56. The Labute approximate surface area is 222 Å². The molecule has 12 atom stereocenters. The molecule has 0 amide bonds. The summed E-state index contributed by atoms with van der Waals surface area (Å²) >= 11 is 0. The molecule has 4 fully saturated rings. The van der Waals surface area contributed by atoms with Gasteiger partial charge in [-0.25, -0.2) is 4.79 Å². The first-order chi connectivity index (χ1) is 18.0. The molecule has 0 unspecified atom stereocenters. The van der Waals surface area contributed by atoms with E-state index in [1.54, 1.807) is 13.0 Å². The first-order valence-electron chi connectivity index (χ1n) is 14.1.